The second kappa shape index (κ2) is 12.1. The zero-order chi connectivity index (χ0) is 29.2. The molecular weight excluding hydrogens is 570 g/mol. The number of nitrogens with zero attached hydrogens (tertiary/aromatic N) is 3. The Hall–Kier alpha value is -4.05. The molecule has 0 unspecified atom stereocenters. The quantitative estimate of drug-likeness (QED) is 0.178. The number of amides is 1. The Bertz CT molecular complexity index is 1750. The Morgan fingerprint density at radius 3 is 2.69 bits per heavy atom. The van der Waals surface area contributed by atoms with Crippen LogP contribution in [0.1, 0.15) is 41.8 Å². The van der Waals surface area contributed by atoms with Gasteiger partial charge in [0.15, 0.2) is 0 Å². The Labute approximate surface area is 254 Å². The van der Waals surface area contributed by atoms with E-state index < -0.39 is 12.0 Å². The van der Waals surface area contributed by atoms with Crippen molar-refractivity contribution in [2.45, 2.75) is 36.9 Å². The number of benzene rings is 3. The summed E-state index contributed by atoms with van der Waals surface area (Å²) in [6, 6.07) is 19.1. The van der Waals surface area contributed by atoms with Crippen molar-refractivity contribution in [1.29, 1.82) is 0 Å². The number of hydrogen-bond acceptors (Lipinski definition) is 7. The van der Waals surface area contributed by atoms with Crippen molar-refractivity contribution in [3.63, 3.8) is 0 Å². The monoisotopic (exact) mass is 599 g/mol. The highest BCUT2D eigenvalue weighted by atomic mass is 35.5. The van der Waals surface area contributed by atoms with E-state index in [2.05, 4.69) is 27.9 Å². The third-order valence-corrected chi connectivity index (χ3v) is 8.33. The zero-order valence-electron chi connectivity index (χ0n) is 23.0. The summed E-state index contributed by atoms with van der Waals surface area (Å²) in [7, 11) is 0. The molecule has 1 aliphatic rings. The van der Waals surface area contributed by atoms with Crippen molar-refractivity contribution in [2.24, 2.45) is 5.73 Å². The Morgan fingerprint density at radius 2 is 1.93 bits per heavy atom. The predicted octanol–water partition coefficient (Wildman–Crippen LogP) is 6.40. The lowest BCUT2D eigenvalue weighted by Crippen LogP contribution is -2.34. The molecule has 6 rings (SSSR count). The fourth-order valence-electron chi connectivity index (χ4n) is 5.22. The highest BCUT2D eigenvalue weighted by molar-refractivity contribution is 7.80. The van der Waals surface area contributed by atoms with Crippen LogP contribution in [0.4, 0.5) is 0 Å². The number of aromatic nitrogens is 3. The van der Waals surface area contributed by atoms with Gasteiger partial charge in [0.05, 0.1) is 32.2 Å². The van der Waals surface area contributed by atoms with Crippen LogP contribution in [0.15, 0.2) is 84.3 Å². The van der Waals surface area contributed by atoms with Crippen molar-refractivity contribution in [3.05, 3.63) is 95.5 Å². The molecule has 3 aromatic carbocycles. The lowest BCUT2D eigenvalue weighted by Gasteiger charge is -2.25. The number of nitrogens with one attached hydrogen (secondary N) is 1. The van der Waals surface area contributed by atoms with Crippen molar-refractivity contribution in [2.75, 3.05) is 13.1 Å². The summed E-state index contributed by atoms with van der Waals surface area (Å²) in [6.45, 7) is 3.73. The second-order valence-corrected chi connectivity index (χ2v) is 11.1. The lowest BCUT2D eigenvalue weighted by molar-refractivity contribution is 0.0996. The number of thiol groups is 1. The van der Waals surface area contributed by atoms with E-state index in [0.29, 0.717) is 27.1 Å². The molecule has 3 heterocycles. The van der Waals surface area contributed by atoms with Gasteiger partial charge in [-0.05, 0) is 68.8 Å². The number of fused-ring (bicyclic) bond motifs is 1. The second-order valence-electron chi connectivity index (χ2n) is 10.3. The molecule has 0 aliphatic carbocycles. The van der Waals surface area contributed by atoms with Gasteiger partial charge in [-0.2, -0.15) is 0 Å². The number of piperidine rings is 1. The number of pyridine rings is 1. The highest BCUT2D eigenvalue weighted by Crippen LogP contribution is 2.38. The third-order valence-electron chi connectivity index (χ3n) is 7.46. The minimum absolute atomic E-state index is 0.111. The molecule has 2 aromatic heterocycles. The van der Waals surface area contributed by atoms with Gasteiger partial charge in [-0.25, -0.2) is 4.98 Å². The van der Waals surface area contributed by atoms with Gasteiger partial charge in [0.2, 0.25) is 5.91 Å². The first-order valence-electron chi connectivity index (χ1n) is 13.8. The van der Waals surface area contributed by atoms with Gasteiger partial charge in [0.1, 0.15) is 30.0 Å². The van der Waals surface area contributed by atoms with Crippen LogP contribution in [0.2, 0.25) is 5.02 Å². The van der Waals surface area contributed by atoms with E-state index in [1.54, 1.807) is 18.6 Å². The zero-order valence-corrected chi connectivity index (χ0v) is 24.6. The van der Waals surface area contributed by atoms with Crippen LogP contribution in [0.5, 0.6) is 11.5 Å². The first kappa shape index (κ1) is 28.1. The van der Waals surface area contributed by atoms with Crippen LogP contribution in [0.3, 0.4) is 0 Å². The molecule has 0 bridgehead atoms. The Kier molecular flexibility index (Phi) is 8.06. The molecule has 0 radical (unpaired) electrons. The van der Waals surface area contributed by atoms with Crippen molar-refractivity contribution in [1.82, 2.24) is 19.9 Å². The molecule has 8 nitrogen and oxygen atoms in total. The Balaban J connectivity index is 1.32. The molecule has 10 heteroatoms. The van der Waals surface area contributed by atoms with Crippen LogP contribution in [-0.4, -0.2) is 39.6 Å². The number of ether oxygens (including phenoxy) is 2. The number of rotatable bonds is 8. The number of carbonyl (C=O) groups is 1. The standard InChI is InChI=1S/C32H30ClN5O3S/c1-19(24-5-2-6-28(30(24)33)41-23-9-12-35-13-10-23)40-29-16-22(15-25(31(29)42)32(34)39)38-18-37-26-14-20(7-8-27(26)38)21-4-3-11-36-17-21/h2-8,11,14-19,23,35,42H,9-10,12-13H2,1H3,(H2,34,39)/t19-/m1/s1. The summed E-state index contributed by atoms with van der Waals surface area (Å²) in [4.78, 5) is 21.6. The van der Waals surface area contributed by atoms with Crippen molar-refractivity contribution < 1.29 is 14.3 Å². The van der Waals surface area contributed by atoms with E-state index in [-0.39, 0.29) is 11.7 Å². The molecule has 1 amide bonds. The van der Waals surface area contributed by atoms with Crippen LogP contribution < -0.4 is 20.5 Å². The van der Waals surface area contributed by atoms with Crippen LogP contribution in [0.25, 0.3) is 27.8 Å². The molecule has 42 heavy (non-hydrogen) atoms. The van der Waals surface area contributed by atoms with Gasteiger partial charge in [-0.1, -0.05) is 35.9 Å². The number of imidazole rings is 1. The average Bonchev–Trinajstić information content (AvgIpc) is 3.43. The Morgan fingerprint density at radius 1 is 1.10 bits per heavy atom. The van der Waals surface area contributed by atoms with E-state index in [4.69, 9.17) is 26.8 Å². The first-order valence-corrected chi connectivity index (χ1v) is 14.6. The molecule has 1 fully saturated rings. The smallest absolute Gasteiger partial charge is 0.250 e. The average molecular weight is 600 g/mol. The van der Waals surface area contributed by atoms with Gasteiger partial charge >= 0.3 is 0 Å². The summed E-state index contributed by atoms with van der Waals surface area (Å²) in [5.41, 5.74) is 11.1. The summed E-state index contributed by atoms with van der Waals surface area (Å²) in [5.74, 6) is 0.412. The molecular formula is C32H30ClN5O3S. The molecule has 1 atom stereocenters. The largest absolute Gasteiger partial charge is 0.489 e. The SMILES string of the molecule is C[C@@H](Oc1cc(-n2cnc3cc(-c4cccnc4)ccc32)cc(C(N)=O)c1S)c1cccc(OC2CCNCC2)c1Cl. The lowest BCUT2D eigenvalue weighted by atomic mass is 10.1. The van der Waals surface area contributed by atoms with E-state index in [9.17, 15) is 4.79 Å². The van der Waals surface area contributed by atoms with Gasteiger partial charge in [-0.15, -0.1) is 12.6 Å². The van der Waals surface area contributed by atoms with E-state index in [1.165, 1.54) is 0 Å². The molecule has 214 valence electrons. The third kappa shape index (κ3) is 5.68. The molecule has 5 aromatic rings. The molecule has 1 saturated heterocycles. The molecule has 3 N–H and O–H groups in total. The van der Waals surface area contributed by atoms with Gasteiger partial charge in [0.25, 0.3) is 0 Å². The number of nitrogens with two attached hydrogens (primary N) is 1. The number of hydrogen-bond donors (Lipinski definition) is 3. The van der Waals surface area contributed by atoms with E-state index in [0.717, 1.165) is 53.7 Å². The predicted molar refractivity (Wildman–Crippen MR) is 167 cm³/mol. The van der Waals surface area contributed by atoms with Crippen molar-refractivity contribution in [3.8, 4) is 28.3 Å². The summed E-state index contributed by atoms with van der Waals surface area (Å²) in [5, 5.41) is 3.84. The van der Waals surface area contributed by atoms with Crippen molar-refractivity contribution >= 4 is 41.2 Å². The maximum Gasteiger partial charge on any atom is 0.250 e. The number of primary amides is 1. The minimum atomic E-state index is -0.613. The highest BCUT2D eigenvalue weighted by Gasteiger charge is 2.22. The normalized spacial score (nSPS) is 14.5. The molecule has 0 saturated carbocycles. The fraction of sp³-hybridized carbons (Fsp3) is 0.219. The topological polar surface area (TPSA) is 104 Å². The summed E-state index contributed by atoms with van der Waals surface area (Å²) >= 11 is 11.4. The van der Waals surface area contributed by atoms with Crippen LogP contribution >= 0.6 is 24.2 Å². The number of carbonyl (C=O) groups excluding carboxylic acids is 1. The fourth-order valence-corrected chi connectivity index (χ4v) is 5.84. The van der Waals surface area contributed by atoms with Gasteiger partial charge in [0, 0.05) is 29.6 Å². The molecule has 0 spiro atoms. The van der Waals surface area contributed by atoms with Gasteiger partial charge < -0.3 is 20.5 Å². The summed E-state index contributed by atoms with van der Waals surface area (Å²) in [6.07, 6.45) is 6.75. The molecule has 1 aliphatic heterocycles. The minimum Gasteiger partial charge on any atom is -0.489 e. The van der Waals surface area contributed by atoms with Crippen LogP contribution in [-0.2, 0) is 0 Å². The van der Waals surface area contributed by atoms with Gasteiger partial charge in [-0.3, -0.25) is 14.3 Å². The first-order chi connectivity index (χ1) is 20.4. The summed E-state index contributed by atoms with van der Waals surface area (Å²) < 4.78 is 14.5. The maximum absolute atomic E-state index is 12.4. The van der Waals surface area contributed by atoms with E-state index in [1.807, 2.05) is 72.3 Å². The van der Waals surface area contributed by atoms with Crippen LogP contribution in [0, 0.1) is 0 Å². The maximum atomic E-state index is 12.4. The van der Waals surface area contributed by atoms with E-state index >= 15 is 0 Å². The number of halogens is 1.